The first-order valence-electron chi connectivity index (χ1n) is 6.72. The van der Waals surface area contributed by atoms with E-state index in [9.17, 15) is 9.18 Å². The van der Waals surface area contributed by atoms with Crippen molar-refractivity contribution in [3.63, 3.8) is 0 Å². The van der Waals surface area contributed by atoms with Crippen molar-refractivity contribution >= 4 is 5.91 Å². The van der Waals surface area contributed by atoms with Gasteiger partial charge in [0.05, 0.1) is 18.6 Å². The van der Waals surface area contributed by atoms with Gasteiger partial charge in [-0.3, -0.25) is 4.79 Å². The summed E-state index contributed by atoms with van der Waals surface area (Å²) in [5.41, 5.74) is 0.435. The second-order valence-electron chi connectivity index (χ2n) is 6.15. The summed E-state index contributed by atoms with van der Waals surface area (Å²) in [6.07, 6.45) is 0. The predicted molar refractivity (Wildman–Crippen MR) is 70.7 cm³/mol. The lowest BCUT2D eigenvalue weighted by Crippen LogP contribution is -2.65. The number of nitrogens with zero attached hydrogens (tertiary/aromatic N) is 1. The molecule has 0 unspecified atom stereocenters. The summed E-state index contributed by atoms with van der Waals surface area (Å²) in [6.45, 7) is 6.24. The number of likely N-dealkylation sites (tertiary alicyclic amines) is 1. The van der Waals surface area contributed by atoms with Crippen LogP contribution in [0.4, 0.5) is 4.39 Å². The molecule has 1 aromatic rings. The van der Waals surface area contributed by atoms with Crippen LogP contribution >= 0.6 is 0 Å². The molecule has 3 rings (SSSR count). The predicted octanol–water partition coefficient (Wildman–Crippen LogP) is 2.05. The first-order chi connectivity index (χ1) is 9.39. The zero-order chi connectivity index (χ0) is 14.4. The summed E-state index contributed by atoms with van der Waals surface area (Å²) in [5.74, 6) is -0.939. The van der Waals surface area contributed by atoms with E-state index in [1.54, 1.807) is 4.90 Å². The van der Waals surface area contributed by atoms with Crippen LogP contribution in [0, 0.1) is 11.2 Å². The number of ether oxygens (including phenoxy) is 2. The molecule has 0 radical (unpaired) electrons. The highest BCUT2D eigenvalue weighted by Gasteiger charge is 2.50. The van der Waals surface area contributed by atoms with Gasteiger partial charge in [0, 0.05) is 18.7 Å². The molecule has 4 nitrogen and oxygen atoms in total. The van der Waals surface area contributed by atoms with Crippen molar-refractivity contribution in [2.24, 2.45) is 5.41 Å². The Bertz CT molecular complexity index is 508. The lowest BCUT2D eigenvalue weighted by Gasteiger charge is -2.54. The molecule has 1 amide bonds. The third kappa shape index (κ3) is 2.43. The molecule has 1 aromatic carbocycles. The van der Waals surface area contributed by atoms with E-state index in [1.807, 2.05) is 13.8 Å². The van der Waals surface area contributed by atoms with Gasteiger partial charge in [0.2, 0.25) is 0 Å². The van der Waals surface area contributed by atoms with E-state index in [0.29, 0.717) is 31.9 Å². The van der Waals surface area contributed by atoms with E-state index < -0.39 is 5.79 Å². The third-order valence-electron chi connectivity index (χ3n) is 3.88. The Hall–Kier alpha value is -1.46. The van der Waals surface area contributed by atoms with Crippen LogP contribution in [0.2, 0.25) is 0 Å². The third-order valence-corrected chi connectivity index (χ3v) is 3.88. The van der Waals surface area contributed by atoms with Gasteiger partial charge in [0.25, 0.3) is 5.91 Å². The summed E-state index contributed by atoms with van der Waals surface area (Å²) in [6, 6.07) is 5.63. The molecule has 0 saturated carbocycles. The maximum absolute atomic E-state index is 12.8. The normalized spacial score (nSPS) is 23.4. The Morgan fingerprint density at radius 1 is 1.15 bits per heavy atom. The number of amides is 1. The van der Waals surface area contributed by atoms with Crippen molar-refractivity contribution in [2.75, 3.05) is 26.3 Å². The van der Waals surface area contributed by atoms with E-state index in [2.05, 4.69) is 0 Å². The zero-order valence-electron chi connectivity index (χ0n) is 11.7. The van der Waals surface area contributed by atoms with Gasteiger partial charge in [-0.2, -0.15) is 0 Å². The number of halogens is 1. The van der Waals surface area contributed by atoms with Gasteiger partial charge in [-0.15, -0.1) is 0 Å². The number of benzene rings is 1. The van der Waals surface area contributed by atoms with Crippen LogP contribution in [-0.4, -0.2) is 42.9 Å². The van der Waals surface area contributed by atoms with Crippen molar-refractivity contribution in [3.05, 3.63) is 35.6 Å². The van der Waals surface area contributed by atoms with Crippen LogP contribution in [0.3, 0.4) is 0 Å². The Morgan fingerprint density at radius 3 is 2.25 bits per heavy atom. The Labute approximate surface area is 117 Å². The zero-order valence-corrected chi connectivity index (χ0v) is 11.7. The maximum atomic E-state index is 12.8. The lowest BCUT2D eigenvalue weighted by atomic mass is 9.80. The molecular weight excluding hydrogens is 261 g/mol. The molecular formula is C15H18FNO3. The van der Waals surface area contributed by atoms with Crippen molar-refractivity contribution in [1.29, 1.82) is 0 Å². The molecule has 5 heteroatoms. The molecule has 0 aliphatic carbocycles. The number of carbonyl (C=O) groups is 1. The summed E-state index contributed by atoms with van der Waals surface area (Å²) >= 11 is 0. The molecule has 2 fully saturated rings. The Morgan fingerprint density at radius 2 is 1.70 bits per heavy atom. The molecule has 1 spiro atoms. The largest absolute Gasteiger partial charge is 0.350 e. The van der Waals surface area contributed by atoms with Crippen molar-refractivity contribution in [3.8, 4) is 0 Å². The van der Waals surface area contributed by atoms with Gasteiger partial charge in [-0.1, -0.05) is 0 Å². The Kier molecular flexibility index (Phi) is 3.06. The summed E-state index contributed by atoms with van der Waals surface area (Å²) in [4.78, 5) is 14.0. The molecule has 20 heavy (non-hydrogen) atoms. The fraction of sp³-hybridized carbons (Fsp3) is 0.533. The highest BCUT2D eigenvalue weighted by Crippen LogP contribution is 2.38. The molecule has 0 atom stereocenters. The van der Waals surface area contributed by atoms with Crippen LogP contribution in [-0.2, 0) is 9.47 Å². The highest BCUT2D eigenvalue weighted by molar-refractivity contribution is 5.94. The van der Waals surface area contributed by atoms with Gasteiger partial charge in [-0.05, 0) is 38.1 Å². The minimum absolute atomic E-state index is 0.0690. The smallest absolute Gasteiger partial charge is 0.253 e. The van der Waals surface area contributed by atoms with E-state index in [4.69, 9.17) is 9.47 Å². The van der Waals surface area contributed by atoms with E-state index in [1.165, 1.54) is 24.3 Å². The summed E-state index contributed by atoms with van der Waals surface area (Å²) in [7, 11) is 0. The van der Waals surface area contributed by atoms with Crippen LogP contribution in [0.25, 0.3) is 0 Å². The first-order valence-corrected chi connectivity index (χ1v) is 6.72. The number of rotatable bonds is 1. The fourth-order valence-electron chi connectivity index (χ4n) is 2.60. The van der Waals surface area contributed by atoms with Crippen molar-refractivity contribution < 1.29 is 18.7 Å². The van der Waals surface area contributed by atoms with Crippen LogP contribution in [0.15, 0.2) is 24.3 Å². The molecule has 0 aromatic heterocycles. The van der Waals surface area contributed by atoms with Gasteiger partial charge in [0.1, 0.15) is 5.82 Å². The van der Waals surface area contributed by atoms with Crippen LogP contribution in [0.5, 0.6) is 0 Å². The van der Waals surface area contributed by atoms with Crippen molar-refractivity contribution in [2.45, 2.75) is 19.6 Å². The highest BCUT2D eigenvalue weighted by atomic mass is 19.1. The average Bonchev–Trinajstić information content (AvgIpc) is 2.37. The maximum Gasteiger partial charge on any atom is 0.253 e. The standard InChI is InChI=1S/C15H18FNO3/c1-14(2)19-9-15(10-20-14)7-17(8-15)13(18)11-3-5-12(16)6-4-11/h3-6H,7-10H2,1-2H3. The monoisotopic (exact) mass is 279 g/mol. The van der Waals surface area contributed by atoms with Gasteiger partial charge < -0.3 is 14.4 Å². The van der Waals surface area contributed by atoms with Gasteiger partial charge >= 0.3 is 0 Å². The molecule has 2 heterocycles. The first kappa shape index (κ1) is 13.5. The van der Waals surface area contributed by atoms with E-state index in [-0.39, 0.29) is 17.1 Å². The fourth-order valence-corrected chi connectivity index (χ4v) is 2.60. The second kappa shape index (κ2) is 4.53. The van der Waals surface area contributed by atoms with E-state index >= 15 is 0 Å². The lowest BCUT2D eigenvalue weighted by molar-refractivity contribution is -0.301. The minimum Gasteiger partial charge on any atom is -0.350 e. The van der Waals surface area contributed by atoms with Gasteiger partial charge in [0.15, 0.2) is 5.79 Å². The molecule has 2 saturated heterocycles. The summed E-state index contributed by atoms with van der Waals surface area (Å²) in [5, 5.41) is 0. The average molecular weight is 279 g/mol. The minimum atomic E-state index is -0.535. The van der Waals surface area contributed by atoms with Crippen molar-refractivity contribution in [1.82, 2.24) is 4.90 Å². The number of hydrogen-bond donors (Lipinski definition) is 0. The van der Waals surface area contributed by atoms with Crippen LogP contribution < -0.4 is 0 Å². The summed E-state index contributed by atoms with van der Waals surface area (Å²) < 4.78 is 24.2. The number of carbonyl (C=O) groups excluding carboxylic acids is 1. The molecule has 0 N–H and O–H groups in total. The SMILES string of the molecule is CC1(C)OCC2(CO1)CN(C(=O)c1ccc(F)cc1)C2. The molecule has 2 aliphatic rings. The Balaban J connectivity index is 1.60. The molecule has 0 bridgehead atoms. The number of hydrogen-bond acceptors (Lipinski definition) is 3. The molecule has 2 aliphatic heterocycles. The van der Waals surface area contributed by atoms with E-state index in [0.717, 1.165) is 0 Å². The molecule has 108 valence electrons. The topological polar surface area (TPSA) is 38.8 Å². The second-order valence-corrected chi connectivity index (χ2v) is 6.15. The van der Waals surface area contributed by atoms with Crippen LogP contribution in [0.1, 0.15) is 24.2 Å². The quantitative estimate of drug-likeness (QED) is 0.790. The van der Waals surface area contributed by atoms with Gasteiger partial charge in [-0.25, -0.2) is 4.39 Å².